The van der Waals surface area contributed by atoms with Crippen LogP contribution in [0.25, 0.3) is 11.0 Å². The highest BCUT2D eigenvalue weighted by Crippen LogP contribution is 2.32. The highest BCUT2D eigenvalue weighted by atomic mass is 16.5. The lowest BCUT2D eigenvalue weighted by atomic mass is 10.0. The zero-order valence-electron chi connectivity index (χ0n) is 20.5. The Morgan fingerprint density at radius 3 is 2.68 bits per heavy atom. The predicted octanol–water partition coefficient (Wildman–Crippen LogP) is 4.19. The van der Waals surface area contributed by atoms with Crippen LogP contribution in [0, 0.1) is 13.8 Å². The number of fused-ring (bicyclic) bond motifs is 1. The summed E-state index contributed by atoms with van der Waals surface area (Å²) in [5, 5.41) is 4.15. The number of aryl methyl sites for hydroxylation is 2. The van der Waals surface area contributed by atoms with Gasteiger partial charge in [0.05, 0.1) is 45.7 Å². The van der Waals surface area contributed by atoms with E-state index in [0.717, 1.165) is 46.5 Å². The van der Waals surface area contributed by atoms with E-state index >= 15 is 0 Å². The van der Waals surface area contributed by atoms with Crippen molar-refractivity contribution in [2.75, 3.05) is 46.6 Å². The van der Waals surface area contributed by atoms with Crippen LogP contribution in [0.2, 0.25) is 0 Å². The van der Waals surface area contributed by atoms with Crippen molar-refractivity contribution < 1.29 is 23.4 Å². The molecule has 1 aliphatic rings. The minimum Gasteiger partial charge on any atom is -0.493 e. The van der Waals surface area contributed by atoms with Gasteiger partial charge in [-0.1, -0.05) is 18.2 Å². The van der Waals surface area contributed by atoms with E-state index in [1.165, 1.54) is 5.56 Å². The van der Waals surface area contributed by atoms with E-state index in [0.29, 0.717) is 32.1 Å². The van der Waals surface area contributed by atoms with Gasteiger partial charge in [0.1, 0.15) is 5.58 Å². The van der Waals surface area contributed by atoms with Gasteiger partial charge in [-0.3, -0.25) is 9.69 Å². The van der Waals surface area contributed by atoms with E-state index in [2.05, 4.69) is 29.3 Å². The Balaban J connectivity index is 1.50. The van der Waals surface area contributed by atoms with Crippen LogP contribution in [0.5, 0.6) is 11.5 Å². The van der Waals surface area contributed by atoms with Gasteiger partial charge in [-0.2, -0.15) is 0 Å². The second kappa shape index (κ2) is 10.9. The van der Waals surface area contributed by atoms with Gasteiger partial charge in [0.2, 0.25) is 5.91 Å². The zero-order valence-corrected chi connectivity index (χ0v) is 20.5. The Morgan fingerprint density at radius 2 is 1.94 bits per heavy atom. The number of nitrogens with one attached hydrogen (secondary N) is 1. The van der Waals surface area contributed by atoms with Gasteiger partial charge in [-0.25, -0.2) is 0 Å². The standard InChI is InChI=1S/C27H34N2O5/c1-5-33-24-9-7-20(14-25(24)31-4)23(29-10-12-32-13-11-29)16-28-26(30)15-21-17-34-27-19(3)18(2)6-8-22(21)27/h6-9,14,17,23H,5,10-13,15-16H2,1-4H3,(H,28,30). The van der Waals surface area contributed by atoms with E-state index in [1.807, 2.05) is 32.0 Å². The van der Waals surface area contributed by atoms with Crippen LogP contribution in [-0.2, 0) is 16.0 Å². The molecule has 1 N–H and O–H groups in total. The van der Waals surface area contributed by atoms with Crippen molar-refractivity contribution in [3.8, 4) is 11.5 Å². The molecular formula is C27H34N2O5. The average Bonchev–Trinajstić information content (AvgIpc) is 3.26. The topological polar surface area (TPSA) is 73.2 Å². The van der Waals surface area contributed by atoms with Gasteiger partial charge in [-0.15, -0.1) is 0 Å². The molecule has 7 nitrogen and oxygen atoms in total. The number of benzene rings is 2. The summed E-state index contributed by atoms with van der Waals surface area (Å²) < 4.78 is 22.6. The number of furan rings is 1. The monoisotopic (exact) mass is 466 g/mol. The van der Waals surface area contributed by atoms with Crippen LogP contribution in [-0.4, -0.2) is 57.4 Å². The number of amides is 1. The van der Waals surface area contributed by atoms with Crippen molar-refractivity contribution in [1.29, 1.82) is 0 Å². The van der Waals surface area contributed by atoms with Gasteiger partial charge in [-0.05, 0) is 49.6 Å². The number of nitrogens with zero attached hydrogens (tertiary/aromatic N) is 1. The first-order chi connectivity index (χ1) is 16.5. The largest absolute Gasteiger partial charge is 0.493 e. The molecule has 3 aromatic rings. The third kappa shape index (κ3) is 5.21. The number of morpholine rings is 1. The van der Waals surface area contributed by atoms with Crippen molar-refractivity contribution in [3.63, 3.8) is 0 Å². The molecule has 2 aromatic carbocycles. The Labute approximate surface area is 201 Å². The van der Waals surface area contributed by atoms with Crippen LogP contribution in [0.15, 0.2) is 41.0 Å². The minimum absolute atomic E-state index is 0.00316. The fraction of sp³-hybridized carbons (Fsp3) is 0.444. The molecule has 0 bridgehead atoms. The molecule has 1 amide bonds. The molecule has 1 saturated heterocycles. The Bertz CT molecular complexity index is 1130. The number of ether oxygens (including phenoxy) is 3. The highest BCUT2D eigenvalue weighted by Gasteiger charge is 2.25. The molecular weight excluding hydrogens is 432 g/mol. The van der Waals surface area contributed by atoms with Gasteiger partial charge in [0.25, 0.3) is 0 Å². The quantitative estimate of drug-likeness (QED) is 0.510. The molecule has 1 fully saturated rings. The maximum atomic E-state index is 12.9. The molecule has 0 spiro atoms. The second-order valence-electron chi connectivity index (χ2n) is 8.63. The van der Waals surface area contributed by atoms with Crippen LogP contribution in [0.3, 0.4) is 0 Å². The normalized spacial score (nSPS) is 15.3. The lowest BCUT2D eigenvalue weighted by Crippen LogP contribution is -2.44. The molecule has 0 aliphatic carbocycles. The molecule has 4 rings (SSSR count). The molecule has 1 atom stereocenters. The molecule has 182 valence electrons. The number of carbonyl (C=O) groups is 1. The number of methoxy groups -OCH3 is 1. The van der Waals surface area contributed by atoms with Crippen LogP contribution in [0.4, 0.5) is 0 Å². The van der Waals surface area contributed by atoms with Crippen molar-refractivity contribution in [2.45, 2.75) is 33.2 Å². The first-order valence-electron chi connectivity index (χ1n) is 11.9. The number of rotatable bonds is 9. The molecule has 2 heterocycles. The molecule has 0 radical (unpaired) electrons. The highest BCUT2D eigenvalue weighted by molar-refractivity contribution is 5.89. The Hall–Kier alpha value is -3.03. The molecule has 0 saturated carbocycles. The van der Waals surface area contributed by atoms with E-state index in [-0.39, 0.29) is 18.4 Å². The summed E-state index contributed by atoms with van der Waals surface area (Å²) >= 11 is 0. The van der Waals surface area contributed by atoms with E-state index in [1.54, 1.807) is 13.4 Å². The van der Waals surface area contributed by atoms with Crippen molar-refractivity contribution in [3.05, 3.63) is 58.8 Å². The lowest BCUT2D eigenvalue weighted by molar-refractivity contribution is -0.120. The van der Waals surface area contributed by atoms with Crippen molar-refractivity contribution in [2.24, 2.45) is 0 Å². The SMILES string of the molecule is CCOc1ccc(C(CNC(=O)Cc2coc3c(C)c(C)ccc23)N2CCOCC2)cc1OC. The van der Waals surface area contributed by atoms with E-state index in [4.69, 9.17) is 18.6 Å². The molecule has 1 aliphatic heterocycles. The third-order valence-corrected chi connectivity index (χ3v) is 6.54. The van der Waals surface area contributed by atoms with Gasteiger partial charge < -0.3 is 23.9 Å². The number of carbonyl (C=O) groups excluding carboxylic acids is 1. The zero-order chi connectivity index (χ0) is 24.1. The molecule has 1 aromatic heterocycles. The van der Waals surface area contributed by atoms with Crippen LogP contribution >= 0.6 is 0 Å². The summed E-state index contributed by atoms with van der Waals surface area (Å²) in [6.45, 7) is 10.1. The van der Waals surface area contributed by atoms with Gasteiger partial charge in [0, 0.05) is 30.6 Å². The maximum absolute atomic E-state index is 12.9. The lowest BCUT2D eigenvalue weighted by Gasteiger charge is -2.35. The van der Waals surface area contributed by atoms with Gasteiger partial charge >= 0.3 is 0 Å². The smallest absolute Gasteiger partial charge is 0.224 e. The first kappa shape index (κ1) is 24.1. The van der Waals surface area contributed by atoms with Gasteiger partial charge in [0.15, 0.2) is 11.5 Å². The summed E-state index contributed by atoms with van der Waals surface area (Å²) in [6.07, 6.45) is 1.98. The Morgan fingerprint density at radius 1 is 1.15 bits per heavy atom. The minimum atomic E-state index is -0.0305. The molecule has 7 heteroatoms. The summed E-state index contributed by atoms with van der Waals surface area (Å²) in [4.78, 5) is 15.3. The summed E-state index contributed by atoms with van der Waals surface area (Å²) in [7, 11) is 1.64. The predicted molar refractivity (Wildman–Crippen MR) is 132 cm³/mol. The number of hydrogen-bond acceptors (Lipinski definition) is 6. The summed E-state index contributed by atoms with van der Waals surface area (Å²) in [6, 6.07) is 10.1. The molecule has 34 heavy (non-hydrogen) atoms. The molecule has 1 unspecified atom stereocenters. The maximum Gasteiger partial charge on any atom is 0.224 e. The van der Waals surface area contributed by atoms with E-state index < -0.39 is 0 Å². The van der Waals surface area contributed by atoms with Crippen LogP contribution in [0.1, 0.15) is 35.2 Å². The fourth-order valence-corrected chi connectivity index (χ4v) is 4.48. The van der Waals surface area contributed by atoms with E-state index in [9.17, 15) is 4.79 Å². The van der Waals surface area contributed by atoms with Crippen molar-refractivity contribution >= 4 is 16.9 Å². The summed E-state index contributed by atoms with van der Waals surface area (Å²) in [5.41, 5.74) is 5.12. The number of hydrogen-bond donors (Lipinski definition) is 1. The van der Waals surface area contributed by atoms with Crippen molar-refractivity contribution in [1.82, 2.24) is 10.2 Å². The van der Waals surface area contributed by atoms with Crippen LogP contribution < -0.4 is 14.8 Å². The fourth-order valence-electron chi connectivity index (χ4n) is 4.48. The second-order valence-corrected chi connectivity index (χ2v) is 8.63. The summed E-state index contributed by atoms with van der Waals surface area (Å²) in [5.74, 6) is 1.38. The third-order valence-electron chi connectivity index (χ3n) is 6.54. The Kier molecular flexibility index (Phi) is 7.75. The average molecular weight is 467 g/mol. The first-order valence-corrected chi connectivity index (χ1v) is 11.9.